The molecule has 18 heavy (non-hydrogen) atoms. The molecule has 1 aromatic rings. The van der Waals surface area contributed by atoms with Crippen molar-refractivity contribution in [1.82, 2.24) is 0 Å². The van der Waals surface area contributed by atoms with Crippen molar-refractivity contribution in [2.24, 2.45) is 16.8 Å². The molecule has 0 saturated heterocycles. The molecule has 0 radical (unpaired) electrons. The smallest absolute Gasteiger partial charge is 0.256 e. The van der Waals surface area contributed by atoms with Crippen molar-refractivity contribution >= 4 is 17.3 Å². The van der Waals surface area contributed by atoms with E-state index in [9.17, 15) is 9.18 Å². The van der Waals surface area contributed by atoms with E-state index in [1.165, 1.54) is 6.07 Å². The van der Waals surface area contributed by atoms with Crippen LogP contribution in [0.3, 0.4) is 0 Å². The molecule has 0 saturated carbocycles. The van der Waals surface area contributed by atoms with Gasteiger partial charge in [0.1, 0.15) is 11.5 Å². The molecule has 1 atom stereocenters. The zero-order chi connectivity index (χ0) is 13.1. The van der Waals surface area contributed by atoms with Gasteiger partial charge in [-0.3, -0.25) is 4.79 Å². The number of hydrogen-bond acceptors (Lipinski definition) is 3. The van der Waals surface area contributed by atoms with E-state index >= 15 is 0 Å². The number of hydrazone groups is 1. The number of carbonyl (C=O) groups is 1. The Hall–Kier alpha value is -1.75. The number of benzene rings is 1. The number of nitrogens with two attached hydrogens (primary N) is 1. The molecular weight excluding hydrogens is 233 g/mol. The molecule has 1 aliphatic rings. The molecule has 0 aromatic heterocycles. The molecule has 2 N–H and O–H groups in total. The Balaban J connectivity index is 2.23. The molecule has 0 aliphatic carbocycles. The maximum Gasteiger partial charge on any atom is 0.256 e. The van der Waals surface area contributed by atoms with Crippen LogP contribution >= 0.6 is 0 Å². The number of amides is 1. The molecule has 1 amide bonds. The van der Waals surface area contributed by atoms with E-state index in [1.807, 2.05) is 0 Å². The van der Waals surface area contributed by atoms with Crippen molar-refractivity contribution in [2.75, 3.05) is 11.6 Å². The van der Waals surface area contributed by atoms with Crippen LogP contribution in [0.25, 0.3) is 0 Å². The highest BCUT2D eigenvalue weighted by Gasteiger charge is 2.34. The molecule has 1 unspecified atom stereocenters. The summed E-state index contributed by atoms with van der Waals surface area (Å²) in [5.41, 5.74) is 6.37. The van der Waals surface area contributed by atoms with Crippen LogP contribution in [0.2, 0.25) is 0 Å². The van der Waals surface area contributed by atoms with Crippen molar-refractivity contribution < 1.29 is 9.18 Å². The fourth-order valence-corrected chi connectivity index (χ4v) is 2.05. The third-order valence-corrected chi connectivity index (χ3v) is 3.05. The minimum absolute atomic E-state index is 0.175. The van der Waals surface area contributed by atoms with Gasteiger partial charge in [0.15, 0.2) is 0 Å². The van der Waals surface area contributed by atoms with Crippen LogP contribution < -0.4 is 10.7 Å². The van der Waals surface area contributed by atoms with E-state index in [-0.39, 0.29) is 17.5 Å². The van der Waals surface area contributed by atoms with Gasteiger partial charge in [0.2, 0.25) is 0 Å². The van der Waals surface area contributed by atoms with Crippen LogP contribution in [-0.2, 0) is 4.79 Å². The van der Waals surface area contributed by atoms with Crippen LogP contribution in [0, 0.1) is 11.7 Å². The van der Waals surface area contributed by atoms with Crippen LogP contribution in [0.15, 0.2) is 29.4 Å². The zero-order valence-corrected chi connectivity index (χ0v) is 10.3. The summed E-state index contributed by atoms with van der Waals surface area (Å²) in [6, 6.07) is 6.14. The van der Waals surface area contributed by atoms with Crippen molar-refractivity contribution in [2.45, 2.75) is 19.8 Å². The highest BCUT2D eigenvalue weighted by Crippen LogP contribution is 2.27. The second kappa shape index (κ2) is 5.27. The lowest BCUT2D eigenvalue weighted by Crippen LogP contribution is -2.28. The Morgan fingerprint density at radius 3 is 2.83 bits per heavy atom. The number of rotatable bonds is 4. The average Bonchev–Trinajstić information content (AvgIpc) is 2.63. The average molecular weight is 249 g/mol. The van der Waals surface area contributed by atoms with E-state index in [0.717, 1.165) is 17.1 Å². The second-order valence-corrected chi connectivity index (χ2v) is 4.33. The number of para-hydroxylation sites is 1. The normalized spacial score (nSPS) is 19.3. The van der Waals surface area contributed by atoms with E-state index in [2.05, 4.69) is 5.10 Å². The third kappa shape index (κ3) is 2.26. The number of nitrogens with zero attached hydrogens (tertiary/aromatic N) is 2. The summed E-state index contributed by atoms with van der Waals surface area (Å²) in [4.78, 5) is 12.2. The van der Waals surface area contributed by atoms with Crippen LogP contribution in [-0.4, -0.2) is 18.2 Å². The third-order valence-electron chi connectivity index (χ3n) is 3.05. The molecule has 0 fully saturated rings. The minimum atomic E-state index is -0.443. The first-order valence-corrected chi connectivity index (χ1v) is 5.99. The maximum atomic E-state index is 13.6. The SMILES string of the molecule is CC1=NN(c2ccccc2F)C(=O)C1CCCN. The molecule has 5 heteroatoms. The van der Waals surface area contributed by atoms with Crippen molar-refractivity contribution in [3.05, 3.63) is 30.1 Å². The van der Waals surface area contributed by atoms with Gasteiger partial charge in [-0.25, -0.2) is 4.39 Å². The Labute approximate surface area is 105 Å². The summed E-state index contributed by atoms with van der Waals surface area (Å²) in [6.07, 6.45) is 1.42. The van der Waals surface area contributed by atoms with E-state index < -0.39 is 5.82 Å². The molecule has 1 aromatic carbocycles. The summed E-state index contributed by atoms with van der Waals surface area (Å²) in [6.45, 7) is 2.33. The molecule has 2 rings (SSSR count). The lowest BCUT2D eigenvalue weighted by Gasteiger charge is -2.14. The van der Waals surface area contributed by atoms with Crippen LogP contribution in [0.5, 0.6) is 0 Å². The predicted molar refractivity (Wildman–Crippen MR) is 68.8 cm³/mol. The van der Waals surface area contributed by atoms with Crippen molar-refractivity contribution in [3.63, 3.8) is 0 Å². The number of halogens is 1. The van der Waals surface area contributed by atoms with E-state index in [4.69, 9.17) is 5.73 Å². The molecule has 0 bridgehead atoms. The Bertz CT molecular complexity index is 487. The summed E-state index contributed by atoms with van der Waals surface area (Å²) >= 11 is 0. The second-order valence-electron chi connectivity index (χ2n) is 4.33. The van der Waals surface area contributed by atoms with Gasteiger partial charge in [-0.05, 0) is 38.4 Å². The largest absolute Gasteiger partial charge is 0.330 e. The number of anilines is 1. The fraction of sp³-hybridized carbons (Fsp3) is 0.385. The van der Waals surface area contributed by atoms with E-state index in [1.54, 1.807) is 25.1 Å². The molecule has 4 nitrogen and oxygen atoms in total. The molecule has 96 valence electrons. The predicted octanol–water partition coefficient (Wildman–Crippen LogP) is 1.90. The minimum Gasteiger partial charge on any atom is -0.330 e. The van der Waals surface area contributed by atoms with Crippen LogP contribution in [0.1, 0.15) is 19.8 Å². The lowest BCUT2D eigenvalue weighted by atomic mass is 9.98. The van der Waals surface area contributed by atoms with Crippen molar-refractivity contribution in [3.8, 4) is 0 Å². The molecule has 1 aliphatic heterocycles. The van der Waals surface area contributed by atoms with Gasteiger partial charge in [0.05, 0.1) is 5.92 Å². The fourth-order valence-electron chi connectivity index (χ4n) is 2.05. The highest BCUT2D eigenvalue weighted by molar-refractivity contribution is 6.14. The molecular formula is C13H16FN3O. The van der Waals surface area contributed by atoms with Gasteiger partial charge in [0, 0.05) is 5.71 Å². The summed E-state index contributed by atoms with van der Waals surface area (Å²) in [5, 5.41) is 5.31. The summed E-state index contributed by atoms with van der Waals surface area (Å²) < 4.78 is 13.6. The molecule has 0 spiro atoms. The summed E-state index contributed by atoms with van der Waals surface area (Å²) in [5.74, 6) is -0.888. The van der Waals surface area contributed by atoms with Gasteiger partial charge >= 0.3 is 0 Å². The van der Waals surface area contributed by atoms with Gasteiger partial charge in [-0.2, -0.15) is 10.1 Å². The lowest BCUT2D eigenvalue weighted by molar-refractivity contribution is -0.119. The zero-order valence-electron chi connectivity index (χ0n) is 10.3. The van der Waals surface area contributed by atoms with Crippen LogP contribution in [0.4, 0.5) is 10.1 Å². The van der Waals surface area contributed by atoms with Gasteiger partial charge < -0.3 is 5.73 Å². The van der Waals surface area contributed by atoms with E-state index in [0.29, 0.717) is 13.0 Å². The Kier molecular flexibility index (Phi) is 3.72. The first-order valence-electron chi connectivity index (χ1n) is 5.99. The van der Waals surface area contributed by atoms with Crippen molar-refractivity contribution in [1.29, 1.82) is 0 Å². The first kappa shape index (κ1) is 12.7. The number of hydrogen-bond donors (Lipinski definition) is 1. The topological polar surface area (TPSA) is 58.7 Å². The Morgan fingerprint density at radius 2 is 2.17 bits per heavy atom. The first-order chi connectivity index (χ1) is 8.65. The van der Waals surface area contributed by atoms with Gasteiger partial charge in [-0.1, -0.05) is 12.1 Å². The highest BCUT2D eigenvalue weighted by atomic mass is 19.1. The number of carbonyl (C=O) groups excluding carboxylic acids is 1. The standard InChI is InChI=1S/C13H16FN3O/c1-9-10(5-4-8-15)13(18)17(16-9)12-7-3-2-6-11(12)14/h2-3,6-7,10H,4-5,8,15H2,1H3. The molecule has 1 heterocycles. The maximum absolute atomic E-state index is 13.6. The Morgan fingerprint density at radius 1 is 1.44 bits per heavy atom. The monoisotopic (exact) mass is 249 g/mol. The van der Waals surface area contributed by atoms with Gasteiger partial charge in [-0.15, -0.1) is 0 Å². The quantitative estimate of drug-likeness (QED) is 0.886. The summed E-state index contributed by atoms with van der Waals surface area (Å²) in [7, 11) is 0. The van der Waals surface area contributed by atoms with Gasteiger partial charge in [0.25, 0.3) is 5.91 Å².